The number of benzene rings is 2. The molecule has 0 spiro atoms. The van der Waals surface area contributed by atoms with Crippen LogP contribution in [-0.2, 0) is 16.0 Å². The van der Waals surface area contributed by atoms with Crippen LogP contribution in [0.25, 0.3) is 0 Å². The summed E-state index contributed by atoms with van der Waals surface area (Å²) in [4.78, 5) is 40.6. The monoisotopic (exact) mass is 466 g/mol. The van der Waals surface area contributed by atoms with Crippen LogP contribution in [0, 0.1) is 0 Å². The molecule has 8 nitrogen and oxygen atoms in total. The first-order chi connectivity index (χ1) is 16.0. The second-order valence-corrected chi connectivity index (χ2v) is 8.06. The highest BCUT2D eigenvalue weighted by atomic mass is 32.1. The number of para-hydroxylation sites is 1. The summed E-state index contributed by atoms with van der Waals surface area (Å²) in [5, 5.41) is 10.5. The van der Waals surface area contributed by atoms with Gasteiger partial charge in [-0.2, -0.15) is 0 Å². The highest BCUT2D eigenvalue weighted by molar-refractivity contribution is 7.13. The van der Waals surface area contributed by atoms with E-state index in [0.717, 1.165) is 18.5 Å². The maximum atomic E-state index is 12.3. The van der Waals surface area contributed by atoms with Crippen LogP contribution in [0.3, 0.4) is 0 Å². The molecule has 3 amide bonds. The Balaban J connectivity index is 1.41. The number of thiazole rings is 1. The van der Waals surface area contributed by atoms with Crippen LogP contribution in [0.15, 0.2) is 60.0 Å². The van der Waals surface area contributed by atoms with Crippen LogP contribution in [-0.4, -0.2) is 29.5 Å². The molecule has 1 heterocycles. The van der Waals surface area contributed by atoms with E-state index in [0.29, 0.717) is 35.1 Å². The van der Waals surface area contributed by atoms with Gasteiger partial charge < -0.3 is 15.4 Å². The lowest BCUT2D eigenvalue weighted by Gasteiger charge is -2.07. The normalized spacial score (nSPS) is 10.3. The number of urea groups is 1. The molecule has 3 N–H and O–H groups in total. The van der Waals surface area contributed by atoms with E-state index in [1.807, 2.05) is 30.5 Å². The molecule has 1 aromatic heterocycles. The number of carbonyl (C=O) groups is 3. The quantitative estimate of drug-likeness (QED) is 0.277. The van der Waals surface area contributed by atoms with Crippen molar-refractivity contribution in [2.45, 2.75) is 32.6 Å². The Labute approximate surface area is 196 Å². The molecule has 0 atom stereocenters. The maximum Gasteiger partial charge on any atom is 0.338 e. The van der Waals surface area contributed by atoms with Crippen molar-refractivity contribution >= 4 is 45.8 Å². The van der Waals surface area contributed by atoms with Crippen molar-refractivity contribution in [1.29, 1.82) is 0 Å². The Morgan fingerprint density at radius 3 is 2.39 bits per heavy atom. The minimum absolute atomic E-state index is 0.169. The second kappa shape index (κ2) is 12.4. The smallest absolute Gasteiger partial charge is 0.338 e. The number of nitrogens with one attached hydrogen (secondary N) is 3. The Kier molecular flexibility index (Phi) is 8.96. The number of anilines is 3. The van der Waals surface area contributed by atoms with Gasteiger partial charge in [0.25, 0.3) is 0 Å². The molecule has 0 aliphatic rings. The number of ether oxygens (including phenoxy) is 1. The Morgan fingerprint density at radius 1 is 0.939 bits per heavy atom. The van der Waals surface area contributed by atoms with Crippen LogP contribution in [0.1, 0.15) is 42.2 Å². The number of hydrogen-bond acceptors (Lipinski definition) is 6. The van der Waals surface area contributed by atoms with Crippen molar-refractivity contribution in [2.24, 2.45) is 0 Å². The van der Waals surface area contributed by atoms with E-state index >= 15 is 0 Å². The standard InChI is InChI=1S/C24H26N4O4S/c1-2-3-15-32-22(30)17-9-11-19(12-10-17)25-21(29)14-13-20-16-33-24(27-20)28-23(31)26-18-7-5-4-6-8-18/h4-12,16H,2-3,13-15H2,1H3,(H,25,29)(H2,26,27,28,31). The van der Waals surface area contributed by atoms with Crippen LogP contribution in [0.2, 0.25) is 0 Å². The predicted octanol–water partition coefficient (Wildman–Crippen LogP) is 5.32. The number of carbonyl (C=O) groups excluding carboxylic acids is 3. The van der Waals surface area contributed by atoms with Gasteiger partial charge in [-0.25, -0.2) is 14.6 Å². The fourth-order valence-electron chi connectivity index (χ4n) is 2.81. The molecule has 172 valence electrons. The van der Waals surface area contributed by atoms with Crippen molar-refractivity contribution in [3.8, 4) is 0 Å². The largest absolute Gasteiger partial charge is 0.462 e. The van der Waals surface area contributed by atoms with Crippen LogP contribution >= 0.6 is 11.3 Å². The molecule has 2 aromatic carbocycles. The number of hydrogen-bond donors (Lipinski definition) is 3. The van der Waals surface area contributed by atoms with Crippen molar-refractivity contribution in [3.63, 3.8) is 0 Å². The fourth-order valence-corrected chi connectivity index (χ4v) is 3.55. The molecule has 3 aromatic rings. The van der Waals surface area contributed by atoms with Crippen LogP contribution in [0.4, 0.5) is 21.3 Å². The summed E-state index contributed by atoms with van der Waals surface area (Å²) >= 11 is 1.30. The van der Waals surface area contributed by atoms with Gasteiger partial charge in [-0.3, -0.25) is 10.1 Å². The van der Waals surface area contributed by atoms with Gasteiger partial charge in [0.1, 0.15) is 0 Å². The molecule has 0 aliphatic heterocycles. The van der Waals surface area contributed by atoms with E-state index in [4.69, 9.17) is 4.74 Å². The lowest BCUT2D eigenvalue weighted by atomic mass is 10.2. The lowest BCUT2D eigenvalue weighted by molar-refractivity contribution is -0.116. The topological polar surface area (TPSA) is 109 Å². The van der Waals surface area contributed by atoms with Gasteiger partial charge in [-0.1, -0.05) is 31.5 Å². The number of aromatic nitrogens is 1. The summed E-state index contributed by atoms with van der Waals surface area (Å²) in [5.74, 6) is -0.538. The average molecular weight is 467 g/mol. The predicted molar refractivity (Wildman–Crippen MR) is 130 cm³/mol. The second-order valence-electron chi connectivity index (χ2n) is 7.20. The van der Waals surface area contributed by atoms with E-state index < -0.39 is 0 Å². The molecule has 0 aliphatic carbocycles. The van der Waals surface area contributed by atoms with Gasteiger partial charge in [0.15, 0.2) is 5.13 Å². The summed E-state index contributed by atoms with van der Waals surface area (Å²) in [6.45, 7) is 2.43. The van der Waals surface area contributed by atoms with Gasteiger partial charge in [0.2, 0.25) is 5.91 Å². The zero-order valence-corrected chi connectivity index (χ0v) is 19.1. The zero-order chi connectivity index (χ0) is 23.5. The number of unbranched alkanes of at least 4 members (excludes halogenated alkanes) is 1. The Bertz CT molecular complexity index is 1070. The first-order valence-corrected chi connectivity index (χ1v) is 11.6. The SMILES string of the molecule is CCCCOC(=O)c1ccc(NC(=O)CCc2csc(NC(=O)Nc3ccccc3)n2)cc1. The van der Waals surface area contributed by atoms with Crippen LogP contribution in [0.5, 0.6) is 0 Å². The summed E-state index contributed by atoms with van der Waals surface area (Å²) in [6.07, 6.45) is 2.46. The molecule has 9 heteroatoms. The van der Waals surface area contributed by atoms with Crippen molar-refractivity contribution in [3.05, 3.63) is 71.2 Å². The van der Waals surface area contributed by atoms with E-state index in [1.165, 1.54) is 11.3 Å². The third-order valence-electron chi connectivity index (χ3n) is 4.55. The maximum absolute atomic E-state index is 12.3. The summed E-state index contributed by atoms with van der Waals surface area (Å²) in [7, 11) is 0. The summed E-state index contributed by atoms with van der Waals surface area (Å²) in [5.41, 5.74) is 2.45. The molecule has 0 unspecified atom stereocenters. The molecule has 0 fully saturated rings. The third kappa shape index (κ3) is 8.04. The number of nitrogens with zero attached hydrogens (tertiary/aromatic N) is 1. The van der Waals surface area contributed by atoms with Gasteiger partial charge in [0.05, 0.1) is 17.9 Å². The number of rotatable bonds is 10. The summed E-state index contributed by atoms with van der Waals surface area (Å²) in [6, 6.07) is 15.3. The number of amides is 3. The van der Waals surface area contributed by atoms with E-state index in [1.54, 1.807) is 36.4 Å². The van der Waals surface area contributed by atoms with Crippen LogP contribution < -0.4 is 16.0 Å². The first kappa shape index (κ1) is 23.9. The average Bonchev–Trinajstić information content (AvgIpc) is 3.26. The first-order valence-electron chi connectivity index (χ1n) is 10.7. The van der Waals surface area contributed by atoms with Crippen molar-refractivity contribution < 1.29 is 19.1 Å². The summed E-state index contributed by atoms with van der Waals surface area (Å²) < 4.78 is 5.17. The number of esters is 1. The molecule has 0 saturated heterocycles. The van der Waals surface area contributed by atoms with E-state index in [9.17, 15) is 14.4 Å². The minimum Gasteiger partial charge on any atom is -0.462 e. The molecule has 0 saturated carbocycles. The molecular formula is C24H26N4O4S. The van der Waals surface area contributed by atoms with Gasteiger partial charge >= 0.3 is 12.0 Å². The van der Waals surface area contributed by atoms with Gasteiger partial charge in [0, 0.05) is 23.2 Å². The Hall–Kier alpha value is -3.72. The fraction of sp³-hybridized carbons (Fsp3) is 0.250. The molecule has 0 radical (unpaired) electrons. The van der Waals surface area contributed by atoms with Gasteiger partial charge in [-0.15, -0.1) is 11.3 Å². The van der Waals surface area contributed by atoms with E-state index in [-0.39, 0.29) is 24.3 Å². The third-order valence-corrected chi connectivity index (χ3v) is 5.35. The Morgan fingerprint density at radius 2 is 1.67 bits per heavy atom. The minimum atomic E-state index is -0.377. The molecule has 33 heavy (non-hydrogen) atoms. The van der Waals surface area contributed by atoms with Crippen molar-refractivity contribution in [1.82, 2.24) is 4.98 Å². The molecular weight excluding hydrogens is 440 g/mol. The zero-order valence-electron chi connectivity index (χ0n) is 18.3. The van der Waals surface area contributed by atoms with Crippen molar-refractivity contribution in [2.75, 3.05) is 22.6 Å². The highest BCUT2D eigenvalue weighted by Crippen LogP contribution is 2.18. The molecule has 3 rings (SSSR count). The molecule has 0 bridgehead atoms. The number of aryl methyl sites for hydroxylation is 1. The van der Waals surface area contributed by atoms with E-state index in [2.05, 4.69) is 20.9 Å². The lowest BCUT2D eigenvalue weighted by Crippen LogP contribution is -2.19. The highest BCUT2D eigenvalue weighted by Gasteiger charge is 2.10. The van der Waals surface area contributed by atoms with Gasteiger partial charge in [-0.05, 0) is 49.2 Å².